The monoisotopic (exact) mass is 286 g/mol. The van der Waals surface area contributed by atoms with Crippen LogP contribution in [0.5, 0.6) is 0 Å². The Labute approximate surface area is 123 Å². The van der Waals surface area contributed by atoms with E-state index in [9.17, 15) is 9.59 Å². The number of aryl methyl sites for hydroxylation is 3. The third kappa shape index (κ3) is 3.10. The van der Waals surface area contributed by atoms with Crippen LogP contribution < -0.4 is 10.6 Å². The lowest BCUT2D eigenvalue weighted by molar-refractivity contribution is 0.0958. The zero-order valence-corrected chi connectivity index (χ0v) is 12.5. The number of hydrogen-bond acceptors (Lipinski definition) is 3. The molecule has 2 aromatic rings. The molecular formula is C15H18N4O2. The second kappa shape index (κ2) is 5.78. The first-order chi connectivity index (χ1) is 9.92. The van der Waals surface area contributed by atoms with Gasteiger partial charge in [-0.2, -0.15) is 5.10 Å². The van der Waals surface area contributed by atoms with E-state index in [2.05, 4.69) is 15.7 Å². The number of nitrogens with one attached hydrogen (secondary N) is 2. The van der Waals surface area contributed by atoms with Crippen LogP contribution in [0.2, 0.25) is 0 Å². The third-order valence-electron chi connectivity index (χ3n) is 3.16. The van der Waals surface area contributed by atoms with Crippen molar-refractivity contribution in [1.82, 2.24) is 15.1 Å². The van der Waals surface area contributed by atoms with E-state index in [-0.39, 0.29) is 17.5 Å². The Balaban J connectivity index is 2.32. The van der Waals surface area contributed by atoms with E-state index in [1.165, 1.54) is 11.7 Å². The van der Waals surface area contributed by atoms with Gasteiger partial charge in [-0.25, -0.2) is 0 Å². The molecule has 6 nitrogen and oxygen atoms in total. The summed E-state index contributed by atoms with van der Waals surface area (Å²) in [5.41, 5.74) is 3.05. The maximum atomic E-state index is 12.4. The van der Waals surface area contributed by atoms with Crippen LogP contribution in [-0.4, -0.2) is 28.6 Å². The quantitative estimate of drug-likeness (QED) is 0.900. The van der Waals surface area contributed by atoms with E-state index in [1.807, 2.05) is 32.0 Å². The van der Waals surface area contributed by atoms with Crippen LogP contribution in [0.25, 0.3) is 0 Å². The van der Waals surface area contributed by atoms with Crippen molar-refractivity contribution in [2.24, 2.45) is 7.05 Å². The zero-order valence-electron chi connectivity index (χ0n) is 12.5. The molecule has 2 amide bonds. The van der Waals surface area contributed by atoms with Gasteiger partial charge in [-0.1, -0.05) is 17.7 Å². The number of benzene rings is 1. The topological polar surface area (TPSA) is 76.0 Å². The second-order valence-corrected chi connectivity index (χ2v) is 4.92. The molecule has 0 fully saturated rings. The van der Waals surface area contributed by atoms with Crippen molar-refractivity contribution < 1.29 is 9.59 Å². The molecule has 0 spiro atoms. The van der Waals surface area contributed by atoms with Gasteiger partial charge < -0.3 is 10.6 Å². The zero-order chi connectivity index (χ0) is 15.6. The van der Waals surface area contributed by atoms with Gasteiger partial charge in [0.2, 0.25) is 0 Å². The molecule has 21 heavy (non-hydrogen) atoms. The predicted molar refractivity (Wildman–Crippen MR) is 80.5 cm³/mol. The number of aromatic nitrogens is 2. The Morgan fingerprint density at radius 3 is 2.57 bits per heavy atom. The van der Waals surface area contributed by atoms with Gasteiger partial charge in [0.1, 0.15) is 0 Å². The molecule has 1 aromatic heterocycles. The van der Waals surface area contributed by atoms with Crippen LogP contribution in [0.3, 0.4) is 0 Å². The Kier molecular flexibility index (Phi) is 4.07. The van der Waals surface area contributed by atoms with Gasteiger partial charge >= 0.3 is 0 Å². The normalized spacial score (nSPS) is 10.3. The van der Waals surface area contributed by atoms with Crippen molar-refractivity contribution in [2.75, 3.05) is 12.4 Å². The summed E-state index contributed by atoms with van der Waals surface area (Å²) in [5, 5.41) is 9.31. The third-order valence-corrected chi connectivity index (χ3v) is 3.16. The van der Waals surface area contributed by atoms with E-state index < -0.39 is 0 Å². The van der Waals surface area contributed by atoms with Gasteiger partial charge in [0.25, 0.3) is 11.8 Å². The van der Waals surface area contributed by atoms with Crippen molar-refractivity contribution in [3.05, 3.63) is 46.8 Å². The fourth-order valence-electron chi connectivity index (χ4n) is 2.04. The summed E-state index contributed by atoms with van der Waals surface area (Å²) in [7, 11) is 3.22. The van der Waals surface area contributed by atoms with Gasteiger partial charge in [0.15, 0.2) is 5.69 Å². The van der Waals surface area contributed by atoms with E-state index in [4.69, 9.17) is 0 Å². The van der Waals surface area contributed by atoms with Crippen LogP contribution in [0.1, 0.15) is 32.0 Å². The molecule has 0 aliphatic heterocycles. The first-order valence-electron chi connectivity index (χ1n) is 6.56. The Morgan fingerprint density at radius 2 is 1.90 bits per heavy atom. The smallest absolute Gasteiger partial charge is 0.273 e. The highest BCUT2D eigenvalue weighted by Gasteiger charge is 2.18. The van der Waals surface area contributed by atoms with Crippen molar-refractivity contribution in [3.8, 4) is 0 Å². The maximum Gasteiger partial charge on any atom is 0.273 e. The highest BCUT2D eigenvalue weighted by molar-refractivity contribution is 6.08. The summed E-state index contributed by atoms with van der Waals surface area (Å²) in [6.45, 7) is 3.80. The summed E-state index contributed by atoms with van der Waals surface area (Å²) < 4.78 is 1.49. The van der Waals surface area contributed by atoms with Crippen molar-refractivity contribution in [2.45, 2.75) is 13.8 Å². The molecule has 2 N–H and O–H groups in total. The molecule has 0 radical (unpaired) electrons. The second-order valence-electron chi connectivity index (χ2n) is 4.92. The van der Waals surface area contributed by atoms with E-state index in [0.29, 0.717) is 11.3 Å². The highest BCUT2D eigenvalue weighted by atomic mass is 16.2. The summed E-state index contributed by atoms with van der Waals surface area (Å²) in [6, 6.07) is 5.67. The molecule has 6 heteroatoms. The molecule has 0 bridgehead atoms. The minimum absolute atomic E-state index is 0.193. The lowest BCUT2D eigenvalue weighted by atomic mass is 10.1. The first kappa shape index (κ1) is 14.8. The standard InChI is InChI=1S/C15H18N4O2/c1-9-5-6-10(2)11(7-9)14(20)17-12-8-19(4)18-13(12)15(21)16-3/h5-8H,1-4H3,(H,16,21)(H,17,20). The highest BCUT2D eigenvalue weighted by Crippen LogP contribution is 2.17. The Hall–Kier alpha value is -2.63. The minimum atomic E-state index is -0.341. The number of anilines is 1. The van der Waals surface area contributed by atoms with E-state index in [0.717, 1.165) is 11.1 Å². The molecule has 0 aliphatic carbocycles. The summed E-state index contributed by atoms with van der Waals surface area (Å²) in [6.07, 6.45) is 1.60. The number of carbonyl (C=O) groups excluding carboxylic acids is 2. The van der Waals surface area contributed by atoms with Gasteiger partial charge in [0, 0.05) is 25.9 Å². The number of hydrogen-bond donors (Lipinski definition) is 2. The average Bonchev–Trinajstić information content (AvgIpc) is 2.81. The van der Waals surface area contributed by atoms with E-state index >= 15 is 0 Å². The lowest BCUT2D eigenvalue weighted by Crippen LogP contribution is -2.21. The van der Waals surface area contributed by atoms with Crippen molar-refractivity contribution in [1.29, 1.82) is 0 Å². The van der Waals surface area contributed by atoms with E-state index in [1.54, 1.807) is 13.2 Å². The molecule has 0 saturated carbocycles. The van der Waals surface area contributed by atoms with Crippen molar-refractivity contribution in [3.63, 3.8) is 0 Å². The minimum Gasteiger partial charge on any atom is -0.354 e. The van der Waals surface area contributed by atoms with Gasteiger partial charge in [-0.05, 0) is 25.5 Å². The molecular weight excluding hydrogens is 268 g/mol. The van der Waals surface area contributed by atoms with Gasteiger partial charge in [-0.15, -0.1) is 0 Å². The molecule has 0 unspecified atom stereocenters. The molecule has 0 saturated heterocycles. The Bertz CT molecular complexity index is 704. The van der Waals surface area contributed by atoms with Crippen molar-refractivity contribution >= 4 is 17.5 Å². The van der Waals surface area contributed by atoms with Crippen LogP contribution in [0.15, 0.2) is 24.4 Å². The largest absolute Gasteiger partial charge is 0.354 e. The summed E-state index contributed by atoms with van der Waals surface area (Å²) in [4.78, 5) is 24.1. The van der Waals surface area contributed by atoms with Crippen LogP contribution in [-0.2, 0) is 7.05 Å². The number of amides is 2. The van der Waals surface area contributed by atoms with Gasteiger partial charge in [0.05, 0.1) is 5.69 Å². The number of rotatable bonds is 3. The number of carbonyl (C=O) groups is 2. The fraction of sp³-hybridized carbons (Fsp3) is 0.267. The van der Waals surface area contributed by atoms with Gasteiger partial charge in [-0.3, -0.25) is 14.3 Å². The maximum absolute atomic E-state index is 12.4. The summed E-state index contributed by atoms with van der Waals surface area (Å²) in [5.74, 6) is -0.596. The molecule has 0 aliphatic rings. The molecule has 2 rings (SSSR count). The molecule has 1 heterocycles. The predicted octanol–water partition coefficient (Wildman–Crippen LogP) is 1.65. The fourth-order valence-corrected chi connectivity index (χ4v) is 2.04. The SMILES string of the molecule is CNC(=O)c1nn(C)cc1NC(=O)c1cc(C)ccc1C. The molecule has 1 aromatic carbocycles. The first-order valence-corrected chi connectivity index (χ1v) is 6.56. The average molecular weight is 286 g/mol. The molecule has 110 valence electrons. The van der Waals surface area contributed by atoms with Crippen LogP contribution >= 0.6 is 0 Å². The number of nitrogens with zero attached hydrogens (tertiary/aromatic N) is 2. The Morgan fingerprint density at radius 1 is 1.19 bits per heavy atom. The van der Waals surface area contributed by atoms with Crippen LogP contribution in [0, 0.1) is 13.8 Å². The van der Waals surface area contributed by atoms with Crippen LogP contribution in [0.4, 0.5) is 5.69 Å². The molecule has 0 atom stereocenters. The summed E-state index contributed by atoms with van der Waals surface area (Å²) >= 11 is 0. The lowest BCUT2D eigenvalue weighted by Gasteiger charge is -2.08.